The Balaban J connectivity index is 1.85. The number of alkyl halides is 3. The number of methoxy groups -OCH3 is 2. The van der Waals surface area contributed by atoms with E-state index in [0.29, 0.717) is 16.6 Å². The number of aromatic nitrogens is 4. The fourth-order valence-corrected chi connectivity index (χ4v) is 3.53. The van der Waals surface area contributed by atoms with Crippen LogP contribution in [0.3, 0.4) is 0 Å². The highest BCUT2D eigenvalue weighted by Gasteiger charge is 2.38. The Labute approximate surface area is 173 Å². The molecule has 0 aliphatic heterocycles. The minimum Gasteiger partial charge on any atom is -0.480 e. The van der Waals surface area contributed by atoms with E-state index in [-0.39, 0.29) is 23.5 Å². The summed E-state index contributed by atoms with van der Waals surface area (Å²) in [7, 11) is 2.77. The number of benzene rings is 1. The van der Waals surface area contributed by atoms with Crippen LogP contribution in [-0.4, -0.2) is 45.4 Å². The van der Waals surface area contributed by atoms with Crippen molar-refractivity contribution in [2.24, 2.45) is 5.92 Å². The summed E-state index contributed by atoms with van der Waals surface area (Å²) in [5, 5.41) is 14.6. The van der Waals surface area contributed by atoms with Crippen molar-refractivity contribution in [2.75, 3.05) is 14.2 Å². The van der Waals surface area contributed by atoms with Crippen molar-refractivity contribution in [3.63, 3.8) is 0 Å². The fourth-order valence-electron chi connectivity index (χ4n) is 3.53. The van der Waals surface area contributed by atoms with Gasteiger partial charge in [0.2, 0.25) is 5.88 Å². The van der Waals surface area contributed by atoms with Crippen molar-refractivity contribution in [2.45, 2.75) is 31.9 Å². The number of aliphatic hydroxyl groups excluding tert-OH is 1. The second-order valence-electron chi connectivity index (χ2n) is 6.99. The van der Waals surface area contributed by atoms with Crippen LogP contribution < -0.4 is 14.2 Å². The molecule has 1 aromatic carbocycles. The highest BCUT2D eigenvalue weighted by molar-refractivity contribution is 5.84. The maximum atomic E-state index is 14.4. The summed E-state index contributed by atoms with van der Waals surface area (Å²) in [5.74, 6) is -1.87. The lowest BCUT2D eigenvalue weighted by molar-refractivity contribution is -0.275. The van der Waals surface area contributed by atoms with Crippen LogP contribution in [0.5, 0.6) is 17.6 Å². The van der Waals surface area contributed by atoms with Crippen molar-refractivity contribution >= 4 is 11.0 Å². The summed E-state index contributed by atoms with van der Waals surface area (Å²) in [6, 6.07) is 2.74. The van der Waals surface area contributed by atoms with Crippen molar-refractivity contribution in [3.8, 4) is 17.6 Å². The normalized spacial score (nSPS) is 15.2. The number of hydrogen-bond acceptors (Lipinski definition) is 7. The smallest absolute Gasteiger partial charge is 0.480 e. The molecule has 0 spiro atoms. The lowest BCUT2D eigenvalue weighted by atomic mass is 10.0. The molecule has 8 nitrogen and oxygen atoms in total. The molecular weight excluding hydrogens is 424 g/mol. The first-order valence-corrected chi connectivity index (χ1v) is 9.29. The average Bonchev–Trinajstić information content (AvgIpc) is 3.49. The Hall–Kier alpha value is -3.15. The van der Waals surface area contributed by atoms with Crippen molar-refractivity contribution in [1.82, 2.24) is 19.7 Å². The number of hydrogen-bond donors (Lipinski definition) is 1. The van der Waals surface area contributed by atoms with Gasteiger partial charge in [-0.05, 0) is 36.5 Å². The molecule has 1 saturated carbocycles. The third-order valence-electron chi connectivity index (χ3n) is 4.95. The molecule has 4 rings (SSSR count). The fraction of sp³-hybridized carbons (Fsp3) is 0.421. The van der Waals surface area contributed by atoms with Gasteiger partial charge >= 0.3 is 12.4 Å². The van der Waals surface area contributed by atoms with Gasteiger partial charge in [0, 0.05) is 0 Å². The van der Waals surface area contributed by atoms with E-state index in [1.54, 1.807) is 0 Å². The number of ether oxygens (including phenoxy) is 3. The molecule has 1 N–H and O–H groups in total. The van der Waals surface area contributed by atoms with E-state index in [2.05, 4.69) is 19.8 Å². The Morgan fingerprint density at radius 2 is 1.94 bits per heavy atom. The molecule has 1 fully saturated rings. The Morgan fingerprint density at radius 1 is 1.19 bits per heavy atom. The molecule has 0 radical (unpaired) electrons. The molecule has 0 amide bonds. The van der Waals surface area contributed by atoms with E-state index < -0.39 is 30.6 Å². The van der Waals surface area contributed by atoms with Gasteiger partial charge in [-0.1, -0.05) is 6.07 Å². The largest absolute Gasteiger partial charge is 0.573 e. The minimum atomic E-state index is -5.00. The van der Waals surface area contributed by atoms with E-state index in [9.17, 15) is 22.7 Å². The lowest BCUT2D eigenvalue weighted by Gasteiger charge is -2.19. The molecule has 0 bridgehead atoms. The summed E-state index contributed by atoms with van der Waals surface area (Å²) in [6.45, 7) is -0.431. The topological polar surface area (TPSA) is 91.5 Å². The molecule has 1 aliphatic carbocycles. The van der Waals surface area contributed by atoms with Crippen LogP contribution >= 0.6 is 0 Å². The van der Waals surface area contributed by atoms with Gasteiger partial charge in [0.15, 0.2) is 17.2 Å². The third-order valence-corrected chi connectivity index (χ3v) is 4.95. The van der Waals surface area contributed by atoms with Gasteiger partial charge in [0.1, 0.15) is 11.1 Å². The number of rotatable bonds is 7. The number of halogens is 4. The molecule has 2 heterocycles. The van der Waals surface area contributed by atoms with Crippen molar-refractivity contribution < 1.29 is 36.9 Å². The van der Waals surface area contributed by atoms with Gasteiger partial charge in [-0.25, -0.2) is 9.07 Å². The maximum absolute atomic E-state index is 14.4. The maximum Gasteiger partial charge on any atom is 0.573 e. The highest BCUT2D eigenvalue weighted by Crippen LogP contribution is 2.45. The lowest BCUT2D eigenvalue weighted by Crippen LogP contribution is -2.19. The zero-order valence-corrected chi connectivity index (χ0v) is 16.5. The zero-order valence-electron chi connectivity index (χ0n) is 16.5. The molecule has 1 atom stereocenters. The predicted molar refractivity (Wildman–Crippen MR) is 98.3 cm³/mol. The van der Waals surface area contributed by atoms with Crippen LogP contribution in [0.25, 0.3) is 11.0 Å². The first kappa shape index (κ1) is 21.1. The van der Waals surface area contributed by atoms with Crippen molar-refractivity contribution in [1.29, 1.82) is 0 Å². The van der Waals surface area contributed by atoms with Gasteiger partial charge in [0.25, 0.3) is 0 Å². The van der Waals surface area contributed by atoms with Gasteiger partial charge in [-0.15, -0.1) is 13.2 Å². The van der Waals surface area contributed by atoms with Gasteiger partial charge in [-0.2, -0.15) is 15.1 Å². The van der Waals surface area contributed by atoms with E-state index in [0.717, 1.165) is 25.0 Å². The summed E-state index contributed by atoms with van der Waals surface area (Å²) < 4.78 is 67.5. The molecular formula is C19H18F4N4O4. The molecule has 166 valence electrons. The molecule has 0 saturated heterocycles. The molecule has 1 aliphatic rings. The van der Waals surface area contributed by atoms with Gasteiger partial charge in [-0.3, -0.25) is 0 Å². The summed E-state index contributed by atoms with van der Waals surface area (Å²) >= 11 is 0. The Bertz CT molecular complexity index is 1110. The van der Waals surface area contributed by atoms with E-state index in [1.165, 1.54) is 25.0 Å². The van der Waals surface area contributed by atoms with Crippen LogP contribution in [0.1, 0.15) is 30.1 Å². The first-order valence-electron chi connectivity index (χ1n) is 9.29. The SMILES string of the molecule is COc1nc(OC)c2c(CO)nn(C(c3ccc(OC(F)(F)F)c(F)c3)C3CC3)c2n1. The van der Waals surface area contributed by atoms with E-state index in [1.807, 2.05) is 0 Å². The van der Waals surface area contributed by atoms with Crippen LogP contribution in [0.15, 0.2) is 18.2 Å². The molecule has 1 unspecified atom stereocenters. The number of aliphatic hydroxyl groups is 1. The molecule has 2 aromatic heterocycles. The molecule has 12 heteroatoms. The Kier molecular flexibility index (Phi) is 5.33. The molecule has 31 heavy (non-hydrogen) atoms. The van der Waals surface area contributed by atoms with E-state index in [4.69, 9.17) is 9.47 Å². The van der Waals surface area contributed by atoms with Gasteiger partial charge in [0.05, 0.1) is 26.9 Å². The third kappa shape index (κ3) is 4.07. The van der Waals surface area contributed by atoms with Crippen LogP contribution in [0, 0.1) is 11.7 Å². The van der Waals surface area contributed by atoms with Crippen LogP contribution in [0.4, 0.5) is 17.6 Å². The first-order chi connectivity index (χ1) is 14.8. The highest BCUT2D eigenvalue weighted by atomic mass is 19.4. The Morgan fingerprint density at radius 3 is 2.48 bits per heavy atom. The summed E-state index contributed by atoms with van der Waals surface area (Å²) in [4.78, 5) is 8.43. The second kappa shape index (κ2) is 7.84. The number of fused-ring (bicyclic) bond motifs is 1. The van der Waals surface area contributed by atoms with Crippen LogP contribution in [-0.2, 0) is 6.61 Å². The monoisotopic (exact) mass is 442 g/mol. The summed E-state index contributed by atoms with van der Waals surface area (Å²) in [5.41, 5.74) is 0.929. The van der Waals surface area contributed by atoms with E-state index >= 15 is 0 Å². The molecule has 3 aromatic rings. The zero-order chi connectivity index (χ0) is 22.3. The average molecular weight is 442 g/mol. The predicted octanol–water partition coefficient (Wildman–Crippen LogP) is 3.37. The minimum absolute atomic E-state index is 0.00430. The second-order valence-corrected chi connectivity index (χ2v) is 6.99. The van der Waals surface area contributed by atoms with Gasteiger partial charge < -0.3 is 19.3 Å². The number of nitrogens with zero attached hydrogens (tertiary/aromatic N) is 4. The van der Waals surface area contributed by atoms with Crippen molar-refractivity contribution in [3.05, 3.63) is 35.3 Å². The summed E-state index contributed by atoms with van der Waals surface area (Å²) in [6.07, 6.45) is -3.39. The standard InChI is InChI=1S/C19H18F4N4O4/c1-29-17-14-12(8-28)26-27(16(14)24-18(25-17)30-2)15(9-3-4-9)10-5-6-13(11(20)7-10)31-19(21,22)23/h5-7,9,15,28H,3-4,8H2,1-2H3. The quantitative estimate of drug-likeness (QED) is 0.561. The van der Waals surface area contributed by atoms with Crippen LogP contribution in [0.2, 0.25) is 0 Å².